The molecule has 0 spiro atoms. The van der Waals surface area contributed by atoms with E-state index >= 15 is 4.39 Å². The zero-order valence-electron chi connectivity index (χ0n) is 25.5. The zero-order chi connectivity index (χ0) is 32.1. The van der Waals surface area contributed by atoms with Gasteiger partial charge in [0.15, 0.2) is 0 Å². The molecule has 0 atom stereocenters. The first-order valence-corrected chi connectivity index (χ1v) is 16.5. The number of hydrogen-bond acceptors (Lipinski definition) is 8. The third-order valence-corrected chi connectivity index (χ3v) is 8.81. The van der Waals surface area contributed by atoms with E-state index in [1.165, 1.54) is 29.6 Å². The van der Waals surface area contributed by atoms with E-state index in [-0.39, 0.29) is 30.9 Å². The van der Waals surface area contributed by atoms with Gasteiger partial charge in [0.2, 0.25) is 10.0 Å². The number of rotatable bonds is 13. The van der Waals surface area contributed by atoms with Crippen molar-refractivity contribution in [1.29, 1.82) is 0 Å². The second kappa shape index (κ2) is 13.8. The third kappa shape index (κ3) is 7.21. The maximum absolute atomic E-state index is 15.7. The van der Waals surface area contributed by atoms with Crippen molar-refractivity contribution < 1.29 is 36.9 Å². The quantitative estimate of drug-likeness (QED) is 0.220. The van der Waals surface area contributed by atoms with E-state index in [0.29, 0.717) is 55.6 Å². The lowest BCUT2D eigenvalue weighted by Gasteiger charge is -2.31. The number of nitrogens with zero attached hydrogens (tertiary/aromatic N) is 4. The fraction of sp³-hybridized carbons (Fsp3) is 0.375. The molecule has 0 unspecified atom stereocenters. The number of carbonyl (C=O) groups is 1. The van der Waals surface area contributed by atoms with Crippen LogP contribution in [0.4, 0.5) is 15.8 Å². The topological polar surface area (TPSA) is 123 Å². The molecule has 1 aromatic heterocycles. The number of methoxy groups -OCH3 is 1. The molecule has 0 aliphatic carbocycles. The zero-order valence-corrected chi connectivity index (χ0v) is 26.3. The van der Waals surface area contributed by atoms with E-state index in [1.54, 1.807) is 30.3 Å². The van der Waals surface area contributed by atoms with E-state index < -0.39 is 21.8 Å². The maximum Gasteiger partial charge on any atom is 0.335 e. The highest BCUT2D eigenvalue weighted by atomic mass is 32.2. The lowest BCUT2D eigenvalue weighted by molar-refractivity contribution is 0.0697. The van der Waals surface area contributed by atoms with Crippen LogP contribution in [0.2, 0.25) is 0 Å². The number of benzene rings is 3. The first-order chi connectivity index (χ1) is 21.6. The number of carboxylic acids is 1. The Morgan fingerprint density at radius 3 is 2.56 bits per heavy atom. The summed E-state index contributed by atoms with van der Waals surface area (Å²) in [7, 11) is -2.07. The second-order valence-corrected chi connectivity index (χ2v) is 12.7. The molecule has 1 N–H and O–H groups in total. The van der Waals surface area contributed by atoms with Crippen molar-refractivity contribution >= 4 is 38.4 Å². The van der Waals surface area contributed by atoms with Crippen molar-refractivity contribution in [3.05, 3.63) is 71.5 Å². The van der Waals surface area contributed by atoms with Crippen LogP contribution in [-0.2, 0) is 32.6 Å². The normalized spacial score (nSPS) is 13.7. The van der Waals surface area contributed by atoms with Gasteiger partial charge in [0.05, 0.1) is 60.5 Å². The molecule has 4 aromatic rings. The average molecular weight is 641 g/mol. The minimum absolute atomic E-state index is 0.0630. The van der Waals surface area contributed by atoms with Gasteiger partial charge in [-0.05, 0) is 55.0 Å². The van der Waals surface area contributed by atoms with Crippen LogP contribution in [0.3, 0.4) is 0 Å². The van der Waals surface area contributed by atoms with Crippen LogP contribution in [0.5, 0.6) is 5.75 Å². The van der Waals surface area contributed by atoms with E-state index in [9.17, 15) is 18.3 Å². The van der Waals surface area contributed by atoms with E-state index in [2.05, 4.69) is 9.88 Å². The monoisotopic (exact) mass is 640 g/mol. The van der Waals surface area contributed by atoms with Crippen molar-refractivity contribution in [3.8, 4) is 17.1 Å². The third-order valence-electron chi connectivity index (χ3n) is 7.62. The van der Waals surface area contributed by atoms with Crippen molar-refractivity contribution in [2.75, 3.05) is 62.0 Å². The van der Waals surface area contributed by atoms with Crippen molar-refractivity contribution in [2.24, 2.45) is 0 Å². The number of ether oxygens (including phenoxy) is 3. The summed E-state index contributed by atoms with van der Waals surface area (Å²) < 4.78 is 60.8. The fourth-order valence-electron chi connectivity index (χ4n) is 5.46. The van der Waals surface area contributed by atoms with Gasteiger partial charge >= 0.3 is 5.97 Å². The molecule has 5 rings (SSSR count). The molecule has 11 nitrogen and oxygen atoms in total. The van der Waals surface area contributed by atoms with Crippen LogP contribution in [0, 0.1) is 5.82 Å². The molecule has 1 aliphatic heterocycles. The predicted molar refractivity (Wildman–Crippen MR) is 170 cm³/mol. The number of halogens is 1. The summed E-state index contributed by atoms with van der Waals surface area (Å²) >= 11 is 0. The first-order valence-electron chi connectivity index (χ1n) is 14.7. The van der Waals surface area contributed by atoms with Gasteiger partial charge in [-0.1, -0.05) is 6.92 Å². The number of fused-ring (bicyclic) bond motifs is 1. The van der Waals surface area contributed by atoms with Gasteiger partial charge in [0.1, 0.15) is 24.0 Å². The van der Waals surface area contributed by atoms with Crippen LogP contribution < -0.4 is 13.9 Å². The lowest BCUT2D eigenvalue weighted by atomic mass is 10.1. The Labute approximate surface area is 261 Å². The Kier molecular flexibility index (Phi) is 9.90. The molecule has 0 amide bonds. The van der Waals surface area contributed by atoms with E-state index in [4.69, 9.17) is 14.2 Å². The molecular weight excluding hydrogens is 603 g/mol. The van der Waals surface area contributed by atoms with Crippen molar-refractivity contribution in [2.45, 2.75) is 26.5 Å². The van der Waals surface area contributed by atoms with Gasteiger partial charge < -0.3 is 28.8 Å². The van der Waals surface area contributed by atoms with Crippen LogP contribution in [0.15, 0.2) is 54.6 Å². The van der Waals surface area contributed by atoms with Crippen LogP contribution >= 0.6 is 0 Å². The summed E-state index contributed by atoms with van der Waals surface area (Å²) in [5, 5.41) is 9.40. The highest BCUT2D eigenvalue weighted by molar-refractivity contribution is 7.92. The van der Waals surface area contributed by atoms with Gasteiger partial charge in [0.25, 0.3) is 0 Å². The summed E-state index contributed by atoms with van der Waals surface area (Å²) in [6.45, 7) is 5.49. The minimum Gasteiger partial charge on any atom is -0.489 e. The smallest absolute Gasteiger partial charge is 0.335 e. The molecule has 1 fully saturated rings. The SMILES string of the molecule is CCCn1c(-c2ccc(OCc3cc(N(CCOC)S(C)(=O)=O)ccc3N3CCOCC3)cc2F)nc2cc(C(=O)O)ccc21. The largest absolute Gasteiger partial charge is 0.489 e. The number of aryl methyl sites for hydroxylation is 1. The molecule has 3 aromatic carbocycles. The Bertz CT molecular complexity index is 1790. The van der Waals surface area contributed by atoms with Gasteiger partial charge in [-0.3, -0.25) is 4.31 Å². The molecule has 1 aliphatic rings. The summed E-state index contributed by atoms with van der Waals surface area (Å²) in [4.78, 5) is 18.2. The highest BCUT2D eigenvalue weighted by Gasteiger charge is 2.22. The molecule has 0 saturated carbocycles. The highest BCUT2D eigenvalue weighted by Crippen LogP contribution is 2.32. The number of imidazole rings is 1. The van der Waals surface area contributed by atoms with Crippen molar-refractivity contribution in [3.63, 3.8) is 0 Å². The number of morpholine rings is 1. The van der Waals surface area contributed by atoms with Crippen LogP contribution in [0.25, 0.3) is 22.4 Å². The molecule has 240 valence electrons. The molecule has 2 heterocycles. The fourth-order valence-corrected chi connectivity index (χ4v) is 6.37. The van der Waals surface area contributed by atoms with Crippen molar-refractivity contribution in [1.82, 2.24) is 9.55 Å². The lowest BCUT2D eigenvalue weighted by Crippen LogP contribution is -2.37. The van der Waals surface area contributed by atoms with E-state index in [0.717, 1.165) is 29.4 Å². The summed E-state index contributed by atoms with van der Waals surface area (Å²) in [6, 6.07) is 14.7. The maximum atomic E-state index is 15.7. The summed E-state index contributed by atoms with van der Waals surface area (Å²) in [6.07, 6.45) is 1.92. The van der Waals surface area contributed by atoms with Crippen LogP contribution in [-0.4, -0.2) is 81.9 Å². The summed E-state index contributed by atoms with van der Waals surface area (Å²) in [5.41, 5.74) is 3.67. The average Bonchev–Trinajstić information content (AvgIpc) is 3.37. The van der Waals surface area contributed by atoms with Gasteiger partial charge in [-0.25, -0.2) is 22.6 Å². The Morgan fingerprint density at radius 1 is 1.11 bits per heavy atom. The Hall–Kier alpha value is -4.20. The number of aromatic nitrogens is 2. The number of carboxylic acid groups (broad SMARTS) is 1. The number of aromatic carboxylic acids is 1. The second-order valence-electron chi connectivity index (χ2n) is 10.8. The number of hydrogen-bond donors (Lipinski definition) is 1. The Balaban J connectivity index is 1.45. The molecule has 45 heavy (non-hydrogen) atoms. The molecule has 0 radical (unpaired) electrons. The van der Waals surface area contributed by atoms with Crippen LogP contribution in [0.1, 0.15) is 29.3 Å². The first kappa shape index (κ1) is 32.2. The predicted octanol–water partition coefficient (Wildman–Crippen LogP) is 4.78. The molecule has 0 bridgehead atoms. The minimum atomic E-state index is -3.58. The standard InChI is InChI=1S/C32H37FN4O7S/c1-4-11-36-30-9-5-22(32(38)39)19-28(30)34-31(36)26-8-7-25(20-27(26)33)44-21-23-18-24(37(14-15-42-2)45(3,40)41)6-10-29(23)35-12-16-43-17-13-35/h5-10,18-20H,4,11-17,21H2,1-3H3,(H,38,39). The van der Waals surface area contributed by atoms with E-state index in [1.807, 2.05) is 17.6 Å². The molecule has 13 heteroatoms. The number of sulfonamides is 1. The van der Waals surface area contributed by atoms with Gasteiger partial charge in [0, 0.05) is 44.1 Å². The van der Waals surface area contributed by atoms with Gasteiger partial charge in [-0.2, -0.15) is 0 Å². The van der Waals surface area contributed by atoms with Gasteiger partial charge in [-0.15, -0.1) is 0 Å². The summed E-state index contributed by atoms with van der Waals surface area (Å²) in [5.74, 6) is -0.904. The Morgan fingerprint density at radius 2 is 1.89 bits per heavy atom. The molecular formula is C32H37FN4O7S. The molecule has 1 saturated heterocycles. The number of anilines is 2.